The van der Waals surface area contributed by atoms with Crippen LogP contribution in [0.3, 0.4) is 0 Å². The van der Waals surface area contributed by atoms with Gasteiger partial charge in [-0.2, -0.15) is 13.2 Å². The molecule has 0 unspecified atom stereocenters. The Labute approximate surface area is 140 Å². The fraction of sp³-hybridized carbons (Fsp3) is 0.182. The number of rotatable bonds is 4. The number of anilines is 1. The summed E-state index contributed by atoms with van der Waals surface area (Å²) < 4.78 is 38.7. The van der Waals surface area contributed by atoms with E-state index in [1.54, 1.807) is 18.2 Å². The maximum absolute atomic E-state index is 12.5. The molecule has 2 rings (SSSR count). The van der Waals surface area contributed by atoms with Crippen LogP contribution in [0.25, 0.3) is 0 Å². The van der Waals surface area contributed by atoms with Gasteiger partial charge in [-0.05, 0) is 40.8 Å². The molecule has 0 spiro atoms. The first-order chi connectivity index (χ1) is 10.3. The van der Waals surface area contributed by atoms with Gasteiger partial charge in [-0.15, -0.1) is 10.2 Å². The molecule has 11 heteroatoms. The van der Waals surface area contributed by atoms with Crippen LogP contribution in [0.2, 0.25) is 0 Å². The minimum atomic E-state index is -4.69. The van der Waals surface area contributed by atoms with E-state index in [4.69, 9.17) is 5.84 Å². The Morgan fingerprint density at radius 2 is 2.14 bits per heavy atom. The van der Waals surface area contributed by atoms with Crippen molar-refractivity contribution in [2.24, 2.45) is 0 Å². The SMILES string of the molecule is Nn1c(SCC(=O)Nc2cccc(I)c2)nnc1C(F)(F)F. The Kier molecular flexibility index (Phi) is 5.16. The lowest BCUT2D eigenvalue weighted by Gasteiger charge is -2.07. The number of nitrogen functional groups attached to an aromatic ring is 1. The number of carbonyl (C=O) groups excluding carboxylic acids is 1. The fourth-order valence-corrected chi connectivity index (χ4v) is 2.66. The van der Waals surface area contributed by atoms with Gasteiger partial charge in [-0.1, -0.05) is 17.8 Å². The van der Waals surface area contributed by atoms with Gasteiger partial charge in [0.05, 0.1) is 5.75 Å². The van der Waals surface area contributed by atoms with Crippen molar-refractivity contribution in [3.63, 3.8) is 0 Å². The number of benzene rings is 1. The molecule has 0 radical (unpaired) electrons. The van der Waals surface area contributed by atoms with E-state index >= 15 is 0 Å². The van der Waals surface area contributed by atoms with Crippen molar-refractivity contribution in [3.8, 4) is 0 Å². The van der Waals surface area contributed by atoms with Crippen LogP contribution in [0.1, 0.15) is 5.82 Å². The van der Waals surface area contributed by atoms with Crippen LogP contribution in [0.15, 0.2) is 29.4 Å². The lowest BCUT2D eigenvalue weighted by Crippen LogP contribution is -2.22. The molecule has 0 saturated carbocycles. The van der Waals surface area contributed by atoms with Crippen LogP contribution in [0.5, 0.6) is 0 Å². The highest BCUT2D eigenvalue weighted by atomic mass is 127. The van der Waals surface area contributed by atoms with E-state index in [1.165, 1.54) is 0 Å². The number of carbonyl (C=O) groups is 1. The number of halogens is 4. The molecule has 118 valence electrons. The zero-order valence-electron chi connectivity index (χ0n) is 10.8. The number of aromatic nitrogens is 3. The number of hydrogen-bond donors (Lipinski definition) is 2. The second-order valence-electron chi connectivity index (χ2n) is 4.02. The molecule has 0 atom stereocenters. The highest BCUT2D eigenvalue weighted by Crippen LogP contribution is 2.28. The lowest BCUT2D eigenvalue weighted by molar-refractivity contribution is -0.146. The predicted molar refractivity (Wildman–Crippen MR) is 83.7 cm³/mol. The fourth-order valence-electron chi connectivity index (χ4n) is 1.46. The molecular formula is C11H9F3IN5OS. The summed E-state index contributed by atoms with van der Waals surface area (Å²) in [5, 5.41) is 8.73. The molecule has 22 heavy (non-hydrogen) atoms. The van der Waals surface area contributed by atoms with Crippen LogP contribution in [0.4, 0.5) is 18.9 Å². The van der Waals surface area contributed by atoms with Crippen LogP contribution in [0, 0.1) is 3.57 Å². The number of amides is 1. The summed E-state index contributed by atoms with van der Waals surface area (Å²) in [5.41, 5.74) is 0.600. The van der Waals surface area contributed by atoms with Crippen molar-refractivity contribution in [1.29, 1.82) is 0 Å². The van der Waals surface area contributed by atoms with Crippen molar-refractivity contribution in [2.75, 3.05) is 16.9 Å². The largest absolute Gasteiger partial charge is 0.453 e. The van der Waals surface area contributed by atoms with E-state index in [0.717, 1.165) is 15.3 Å². The molecule has 0 fully saturated rings. The molecule has 1 aromatic carbocycles. The van der Waals surface area contributed by atoms with E-state index in [1.807, 2.05) is 6.07 Å². The van der Waals surface area contributed by atoms with Gasteiger partial charge in [-0.3, -0.25) is 4.79 Å². The summed E-state index contributed by atoms with van der Waals surface area (Å²) in [6, 6.07) is 7.10. The summed E-state index contributed by atoms with van der Waals surface area (Å²) in [5.74, 6) is 3.43. The van der Waals surface area contributed by atoms with Crippen molar-refractivity contribution in [2.45, 2.75) is 11.3 Å². The highest BCUT2D eigenvalue weighted by molar-refractivity contribution is 14.1. The number of nitrogens with one attached hydrogen (secondary N) is 1. The summed E-state index contributed by atoms with van der Waals surface area (Å²) in [7, 11) is 0. The highest BCUT2D eigenvalue weighted by Gasteiger charge is 2.38. The van der Waals surface area contributed by atoms with Gasteiger partial charge in [0, 0.05) is 9.26 Å². The molecule has 0 bridgehead atoms. The molecule has 3 N–H and O–H groups in total. The van der Waals surface area contributed by atoms with Gasteiger partial charge in [0.1, 0.15) is 0 Å². The van der Waals surface area contributed by atoms with Crippen molar-refractivity contribution >= 4 is 45.9 Å². The van der Waals surface area contributed by atoms with Crippen molar-refractivity contribution in [3.05, 3.63) is 33.7 Å². The van der Waals surface area contributed by atoms with Crippen LogP contribution in [-0.2, 0) is 11.0 Å². The molecule has 0 aliphatic carbocycles. The third kappa shape index (κ3) is 4.25. The number of alkyl halides is 3. The van der Waals surface area contributed by atoms with E-state index in [9.17, 15) is 18.0 Å². The first kappa shape index (κ1) is 16.9. The smallest absolute Gasteiger partial charge is 0.335 e. The van der Waals surface area contributed by atoms with Crippen LogP contribution in [-0.4, -0.2) is 26.5 Å². The summed E-state index contributed by atoms with van der Waals surface area (Å²) >= 11 is 2.86. The maximum Gasteiger partial charge on any atom is 0.453 e. The molecule has 0 saturated heterocycles. The van der Waals surface area contributed by atoms with E-state index in [0.29, 0.717) is 10.4 Å². The summed E-state index contributed by atoms with van der Waals surface area (Å²) in [6.45, 7) is 0. The Morgan fingerprint density at radius 3 is 2.73 bits per heavy atom. The maximum atomic E-state index is 12.5. The van der Waals surface area contributed by atoms with Crippen LogP contribution < -0.4 is 11.2 Å². The van der Waals surface area contributed by atoms with Gasteiger partial charge < -0.3 is 11.2 Å². The molecule has 1 amide bonds. The average molecular weight is 443 g/mol. The Bertz CT molecular complexity index is 691. The molecule has 2 aromatic rings. The zero-order chi connectivity index (χ0) is 16.3. The number of hydrogen-bond acceptors (Lipinski definition) is 5. The van der Waals surface area contributed by atoms with Gasteiger partial charge in [0.25, 0.3) is 5.82 Å². The Hall–Kier alpha value is -1.50. The summed E-state index contributed by atoms with van der Waals surface area (Å²) in [6.07, 6.45) is -4.69. The van der Waals surface area contributed by atoms with E-state index < -0.39 is 12.0 Å². The Morgan fingerprint density at radius 1 is 1.41 bits per heavy atom. The molecule has 1 heterocycles. The second-order valence-corrected chi connectivity index (χ2v) is 6.21. The normalized spacial score (nSPS) is 11.5. The first-order valence-electron chi connectivity index (χ1n) is 5.73. The molecule has 0 aliphatic heterocycles. The van der Waals surface area contributed by atoms with Gasteiger partial charge in [0.15, 0.2) is 0 Å². The molecular weight excluding hydrogens is 434 g/mol. The molecule has 0 aliphatic rings. The lowest BCUT2D eigenvalue weighted by atomic mass is 10.3. The Balaban J connectivity index is 1.96. The van der Waals surface area contributed by atoms with Crippen molar-refractivity contribution < 1.29 is 18.0 Å². The average Bonchev–Trinajstić information content (AvgIpc) is 2.77. The number of nitrogens with zero attached hydrogens (tertiary/aromatic N) is 3. The van der Waals surface area contributed by atoms with Gasteiger partial charge in [0.2, 0.25) is 11.1 Å². The predicted octanol–water partition coefficient (Wildman–Crippen LogP) is 2.35. The monoisotopic (exact) mass is 443 g/mol. The zero-order valence-corrected chi connectivity index (χ0v) is 13.7. The summed E-state index contributed by atoms with van der Waals surface area (Å²) in [4.78, 5) is 11.8. The molecule has 1 aromatic heterocycles. The van der Waals surface area contributed by atoms with Gasteiger partial charge >= 0.3 is 6.18 Å². The number of nitrogens with two attached hydrogens (primary N) is 1. The minimum Gasteiger partial charge on any atom is -0.335 e. The van der Waals surface area contributed by atoms with E-state index in [-0.39, 0.29) is 16.8 Å². The third-order valence-electron chi connectivity index (χ3n) is 2.36. The first-order valence-corrected chi connectivity index (χ1v) is 7.79. The molecule has 6 nitrogen and oxygen atoms in total. The van der Waals surface area contributed by atoms with Crippen molar-refractivity contribution in [1.82, 2.24) is 14.9 Å². The topological polar surface area (TPSA) is 85.8 Å². The van der Waals surface area contributed by atoms with E-state index in [2.05, 4.69) is 38.1 Å². The second kappa shape index (κ2) is 6.73. The van der Waals surface area contributed by atoms with Crippen LogP contribution >= 0.6 is 34.4 Å². The standard InChI is InChI=1S/C11H9F3IN5OS/c12-11(13,14)9-18-19-10(20(9)16)22-5-8(21)17-7-3-1-2-6(15)4-7/h1-4H,5,16H2,(H,17,21). The quantitative estimate of drug-likeness (QED) is 0.431. The van der Waals surface area contributed by atoms with Gasteiger partial charge in [-0.25, -0.2) is 4.68 Å². The minimum absolute atomic E-state index is 0.140. The third-order valence-corrected chi connectivity index (χ3v) is 3.97. The number of thioether (sulfide) groups is 1.